The van der Waals surface area contributed by atoms with Gasteiger partial charge in [-0.05, 0) is 72.0 Å². The van der Waals surface area contributed by atoms with Gasteiger partial charge in [-0.1, -0.05) is 62.4 Å². The molecule has 0 fully saturated rings. The van der Waals surface area contributed by atoms with E-state index in [1.165, 1.54) is 21.9 Å². The van der Waals surface area contributed by atoms with Gasteiger partial charge >= 0.3 is 0 Å². The van der Waals surface area contributed by atoms with Crippen LogP contribution >= 0.6 is 0 Å². The smallest absolute Gasteiger partial charge is 0.0964 e. The molecule has 7 rings (SSSR count). The van der Waals surface area contributed by atoms with E-state index in [-0.39, 0.29) is 0 Å². The van der Waals surface area contributed by atoms with E-state index in [4.69, 9.17) is 4.98 Å². The average Bonchev–Trinajstić information content (AvgIpc) is 3.31. The Balaban J connectivity index is 1.41. The molecule has 0 N–H and O–H groups in total. The molecule has 0 spiro atoms. The molecule has 0 bridgehead atoms. The van der Waals surface area contributed by atoms with Crippen LogP contribution in [0.2, 0.25) is 0 Å². The van der Waals surface area contributed by atoms with E-state index in [0.717, 1.165) is 51.0 Å². The Morgan fingerprint density at radius 3 is 2.44 bits per heavy atom. The predicted octanol–water partition coefficient (Wildman–Crippen LogP) is 8.65. The second kappa shape index (κ2) is 9.48. The van der Waals surface area contributed by atoms with Crippen LogP contribution in [0.15, 0.2) is 116 Å². The van der Waals surface area contributed by atoms with Crippen LogP contribution in [-0.4, -0.2) is 19.5 Å². The SMILES string of the molecule is CC(C)Cc1ccc(-c2cccc(-n3c4ccccc4c4ccc(-c5ccnc6cccnc56)cc43)c2)nc1. The molecule has 0 unspecified atom stereocenters. The maximum atomic E-state index is 4.81. The van der Waals surface area contributed by atoms with E-state index >= 15 is 0 Å². The third-order valence-electron chi connectivity index (χ3n) is 7.35. The average molecular weight is 505 g/mol. The van der Waals surface area contributed by atoms with E-state index in [0.29, 0.717) is 5.92 Å². The number of pyridine rings is 3. The molecular weight excluding hydrogens is 476 g/mol. The molecule has 0 atom stereocenters. The third kappa shape index (κ3) is 4.15. The van der Waals surface area contributed by atoms with Gasteiger partial charge in [0.15, 0.2) is 0 Å². The summed E-state index contributed by atoms with van der Waals surface area (Å²) in [7, 11) is 0. The van der Waals surface area contributed by atoms with Crippen molar-refractivity contribution in [3.05, 3.63) is 121 Å². The lowest BCUT2D eigenvalue weighted by atomic mass is 10.0. The van der Waals surface area contributed by atoms with Gasteiger partial charge in [0.25, 0.3) is 0 Å². The number of hydrogen-bond acceptors (Lipinski definition) is 3. The van der Waals surface area contributed by atoms with Crippen molar-refractivity contribution in [3.8, 4) is 28.1 Å². The second-order valence-corrected chi connectivity index (χ2v) is 10.5. The minimum absolute atomic E-state index is 0.613. The Morgan fingerprint density at radius 1 is 0.667 bits per heavy atom. The molecule has 4 heteroatoms. The monoisotopic (exact) mass is 504 g/mol. The van der Waals surface area contributed by atoms with Crippen LogP contribution in [0.25, 0.3) is 60.9 Å². The fourth-order valence-electron chi connectivity index (χ4n) is 5.62. The Hall–Kier alpha value is -4.83. The van der Waals surface area contributed by atoms with Gasteiger partial charge in [-0.3, -0.25) is 15.0 Å². The molecule has 4 heterocycles. The summed E-state index contributed by atoms with van der Waals surface area (Å²) in [5.74, 6) is 0.613. The molecule has 3 aromatic carbocycles. The zero-order valence-electron chi connectivity index (χ0n) is 22.0. The molecule has 4 aromatic heterocycles. The maximum absolute atomic E-state index is 4.81. The minimum atomic E-state index is 0.613. The highest BCUT2D eigenvalue weighted by Crippen LogP contribution is 2.36. The summed E-state index contributed by atoms with van der Waals surface area (Å²) in [6.45, 7) is 4.48. The van der Waals surface area contributed by atoms with Crippen molar-refractivity contribution in [2.24, 2.45) is 5.92 Å². The largest absolute Gasteiger partial charge is 0.309 e. The van der Waals surface area contributed by atoms with Crippen LogP contribution < -0.4 is 0 Å². The number of fused-ring (bicyclic) bond motifs is 4. The van der Waals surface area contributed by atoms with Crippen molar-refractivity contribution >= 4 is 32.8 Å². The highest BCUT2D eigenvalue weighted by Gasteiger charge is 2.15. The molecule has 0 aliphatic carbocycles. The molecule has 39 heavy (non-hydrogen) atoms. The van der Waals surface area contributed by atoms with Crippen molar-refractivity contribution < 1.29 is 0 Å². The first-order valence-corrected chi connectivity index (χ1v) is 13.4. The van der Waals surface area contributed by atoms with Crippen LogP contribution in [0.4, 0.5) is 0 Å². The summed E-state index contributed by atoms with van der Waals surface area (Å²) in [4.78, 5) is 14.0. The highest BCUT2D eigenvalue weighted by atomic mass is 15.0. The lowest BCUT2D eigenvalue weighted by Crippen LogP contribution is -1.97. The summed E-state index contributed by atoms with van der Waals surface area (Å²) in [5, 5.41) is 2.46. The zero-order chi connectivity index (χ0) is 26.3. The molecule has 0 amide bonds. The molecular formula is C35H28N4. The van der Waals surface area contributed by atoms with Crippen LogP contribution in [0.1, 0.15) is 19.4 Å². The molecule has 0 saturated heterocycles. The Bertz CT molecular complexity index is 1960. The maximum Gasteiger partial charge on any atom is 0.0964 e. The molecule has 7 aromatic rings. The first-order valence-electron chi connectivity index (χ1n) is 13.4. The lowest BCUT2D eigenvalue weighted by molar-refractivity contribution is 0.646. The van der Waals surface area contributed by atoms with Gasteiger partial charge in [0.1, 0.15) is 0 Å². The summed E-state index contributed by atoms with van der Waals surface area (Å²) in [6, 6.07) is 34.4. The first kappa shape index (κ1) is 23.3. The van der Waals surface area contributed by atoms with E-state index < -0.39 is 0 Å². The van der Waals surface area contributed by atoms with Gasteiger partial charge in [0, 0.05) is 46.2 Å². The molecule has 0 saturated carbocycles. The number of hydrogen-bond donors (Lipinski definition) is 0. The summed E-state index contributed by atoms with van der Waals surface area (Å²) >= 11 is 0. The Labute approximate surface area is 227 Å². The van der Waals surface area contributed by atoms with E-state index in [9.17, 15) is 0 Å². The molecule has 188 valence electrons. The van der Waals surface area contributed by atoms with Gasteiger partial charge in [0.2, 0.25) is 0 Å². The van der Waals surface area contributed by atoms with E-state index in [2.05, 4.69) is 113 Å². The van der Waals surface area contributed by atoms with Crippen molar-refractivity contribution in [1.82, 2.24) is 19.5 Å². The number of rotatable bonds is 5. The topological polar surface area (TPSA) is 43.6 Å². The van der Waals surface area contributed by atoms with Crippen LogP contribution in [0.3, 0.4) is 0 Å². The highest BCUT2D eigenvalue weighted by molar-refractivity contribution is 6.10. The van der Waals surface area contributed by atoms with Crippen LogP contribution in [0, 0.1) is 5.92 Å². The number of aromatic nitrogens is 4. The third-order valence-corrected chi connectivity index (χ3v) is 7.35. The number of nitrogens with zero attached hydrogens (tertiary/aromatic N) is 4. The van der Waals surface area contributed by atoms with Crippen molar-refractivity contribution in [2.75, 3.05) is 0 Å². The van der Waals surface area contributed by atoms with E-state index in [1.54, 1.807) is 0 Å². The van der Waals surface area contributed by atoms with Gasteiger partial charge in [-0.15, -0.1) is 0 Å². The normalized spacial score (nSPS) is 11.7. The summed E-state index contributed by atoms with van der Waals surface area (Å²) < 4.78 is 2.36. The molecule has 0 radical (unpaired) electrons. The summed E-state index contributed by atoms with van der Waals surface area (Å²) in [6.07, 6.45) is 6.75. The zero-order valence-corrected chi connectivity index (χ0v) is 22.0. The standard InChI is InChI=1S/C35H28N4/c1-23(2)19-24-12-15-31(38-22-24)26-7-5-8-27(20-26)39-33-11-4-3-9-29(33)30-14-13-25(21-34(30)39)28-16-18-36-32-10-6-17-37-35(28)32/h3-18,20-23H,19H2,1-2H3. The molecule has 4 nitrogen and oxygen atoms in total. The first-order chi connectivity index (χ1) is 19.2. The lowest BCUT2D eigenvalue weighted by Gasteiger charge is -2.12. The van der Waals surface area contributed by atoms with Crippen LogP contribution in [-0.2, 0) is 6.42 Å². The fraction of sp³-hybridized carbons (Fsp3) is 0.114. The fourth-order valence-corrected chi connectivity index (χ4v) is 5.62. The predicted molar refractivity (Wildman–Crippen MR) is 161 cm³/mol. The van der Waals surface area contributed by atoms with Gasteiger partial charge in [-0.2, -0.15) is 0 Å². The minimum Gasteiger partial charge on any atom is -0.309 e. The van der Waals surface area contributed by atoms with E-state index in [1.807, 2.05) is 30.7 Å². The second-order valence-electron chi connectivity index (χ2n) is 10.5. The van der Waals surface area contributed by atoms with Crippen molar-refractivity contribution in [1.29, 1.82) is 0 Å². The number of benzene rings is 3. The van der Waals surface area contributed by atoms with Crippen LogP contribution in [0.5, 0.6) is 0 Å². The van der Waals surface area contributed by atoms with Gasteiger partial charge in [0.05, 0.1) is 27.8 Å². The number of para-hydroxylation sites is 1. The summed E-state index contributed by atoms with van der Waals surface area (Å²) in [5.41, 5.74) is 10.8. The Morgan fingerprint density at radius 2 is 1.56 bits per heavy atom. The molecule has 0 aliphatic heterocycles. The molecule has 0 aliphatic rings. The van der Waals surface area contributed by atoms with Gasteiger partial charge in [-0.25, -0.2) is 0 Å². The van der Waals surface area contributed by atoms with Crippen molar-refractivity contribution in [2.45, 2.75) is 20.3 Å². The Kier molecular flexibility index (Phi) is 5.66. The van der Waals surface area contributed by atoms with Gasteiger partial charge < -0.3 is 4.57 Å². The quantitative estimate of drug-likeness (QED) is 0.236. The van der Waals surface area contributed by atoms with Crippen molar-refractivity contribution in [3.63, 3.8) is 0 Å².